The molecule has 3 heterocycles. The van der Waals surface area contributed by atoms with Gasteiger partial charge in [-0.1, -0.05) is 0 Å². The molecule has 106 valence electrons. The van der Waals surface area contributed by atoms with Crippen molar-refractivity contribution in [3.63, 3.8) is 0 Å². The van der Waals surface area contributed by atoms with Gasteiger partial charge in [-0.3, -0.25) is 4.79 Å². The summed E-state index contributed by atoms with van der Waals surface area (Å²) in [5.41, 5.74) is 0.826. The first kappa shape index (κ1) is 13.0. The number of aliphatic hydroxyl groups is 2. The van der Waals surface area contributed by atoms with E-state index >= 15 is 0 Å². The quantitative estimate of drug-likeness (QED) is 0.682. The van der Waals surface area contributed by atoms with Gasteiger partial charge in [0.25, 0.3) is 5.56 Å². The number of ether oxygens (including phenoxy) is 1. The van der Waals surface area contributed by atoms with Crippen LogP contribution >= 0.6 is 0 Å². The molecule has 0 unspecified atom stereocenters. The number of aromatic nitrogens is 4. The highest BCUT2D eigenvalue weighted by molar-refractivity contribution is 5.52. The van der Waals surface area contributed by atoms with Gasteiger partial charge in [0.2, 0.25) is 0 Å². The van der Waals surface area contributed by atoms with Crippen molar-refractivity contribution in [1.29, 1.82) is 0 Å². The Hall–Kier alpha value is -2.03. The summed E-state index contributed by atoms with van der Waals surface area (Å²) in [5.74, 6) is 0. The van der Waals surface area contributed by atoms with E-state index in [1.165, 1.54) is 12.4 Å². The lowest BCUT2D eigenvalue weighted by molar-refractivity contribution is -0.0438. The van der Waals surface area contributed by atoms with Crippen LogP contribution in [0, 0.1) is 0 Å². The predicted molar refractivity (Wildman–Crippen MR) is 67.7 cm³/mol. The zero-order valence-corrected chi connectivity index (χ0v) is 10.5. The Morgan fingerprint density at radius 2 is 2.40 bits per heavy atom. The lowest BCUT2D eigenvalue weighted by Gasteiger charge is -2.15. The van der Waals surface area contributed by atoms with Crippen molar-refractivity contribution in [3.05, 3.63) is 35.3 Å². The number of imidazole rings is 1. The smallest absolute Gasteiger partial charge is 0.251 e. The first-order valence-corrected chi connectivity index (χ1v) is 6.20. The Morgan fingerprint density at radius 1 is 1.55 bits per heavy atom. The standard InChI is InChI=1S/C12H14N4O4/c17-4-10-9(18)2-12(20-10)16-6-13-3-8(16)7-1-11(19)15-5-14-7/h1,3,5-6,9-10,12,17-18H,2,4H2,(H,14,15,19)/t9-,10+,12+/m0/s1. The van der Waals surface area contributed by atoms with Crippen LogP contribution < -0.4 is 5.56 Å². The Labute approximate surface area is 113 Å². The summed E-state index contributed by atoms with van der Waals surface area (Å²) < 4.78 is 7.26. The predicted octanol–water partition coefficient (Wildman–Crippen LogP) is -0.726. The number of hydrogen-bond acceptors (Lipinski definition) is 6. The van der Waals surface area contributed by atoms with Crippen LogP contribution in [0.5, 0.6) is 0 Å². The SMILES string of the molecule is O=c1cc(-c2cncn2[C@H]2C[C@H](O)[C@@H](CO)O2)nc[nH]1. The molecule has 3 N–H and O–H groups in total. The third-order valence-electron chi connectivity index (χ3n) is 3.30. The van der Waals surface area contributed by atoms with Crippen LogP contribution in [-0.2, 0) is 4.74 Å². The fourth-order valence-corrected chi connectivity index (χ4v) is 2.29. The molecule has 0 bridgehead atoms. The van der Waals surface area contributed by atoms with Gasteiger partial charge in [-0.05, 0) is 0 Å². The van der Waals surface area contributed by atoms with E-state index in [4.69, 9.17) is 9.84 Å². The van der Waals surface area contributed by atoms with Crippen molar-refractivity contribution in [2.45, 2.75) is 24.9 Å². The molecule has 0 saturated carbocycles. The Balaban J connectivity index is 1.93. The molecule has 2 aromatic heterocycles. The van der Waals surface area contributed by atoms with Crippen LogP contribution in [-0.4, -0.2) is 48.5 Å². The second-order valence-corrected chi connectivity index (χ2v) is 4.60. The number of rotatable bonds is 3. The molecule has 0 aliphatic carbocycles. The molecule has 1 saturated heterocycles. The van der Waals surface area contributed by atoms with Crippen LogP contribution in [0.25, 0.3) is 11.4 Å². The van der Waals surface area contributed by atoms with E-state index in [1.54, 1.807) is 17.1 Å². The molecular formula is C12H14N4O4. The molecule has 1 fully saturated rings. The molecule has 0 spiro atoms. The van der Waals surface area contributed by atoms with E-state index in [1.807, 2.05) is 0 Å². The van der Waals surface area contributed by atoms with Crippen molar-refractivity contribution >= 4 is 0 Å². The maximum Gasteiger partial charge on any atom is 0.251 e. The molecule has 1 aliphatic rings. The maximum absolute atomic E-state index is 11.3. The van der Waals surface area contributed by atoms with E-state index in [2.05, 4.69) is 15.0 Å². The van der Waals surface area contributed by atoms with E-state index in [9.17, 15) is 9.90 Å². The Bertz CT molecular complexity index is 653. The Kier molecular flexibility index (Phi) is 3.35. The number of H-pyrrole nitrogens is 1. The minimum Gasteiger partial charge on any atom is -0.394 e. The van der Waals surface area contributed by atoms with Gasteiger partial charge in [0.1, 0.15) is 12.3 Å². The van der Waals surface area contributed by atoms with Gasteiger partial charge < -0.3 is 24.5 Å². The van der Waals surface area contributed by atoms with Gasteiger partial charge in [0, 0.05) is 12.5 Å². The number of nitrogens with one attached hydrogen (secondary N) is 1. The van der Waals surface area contributed by atoms with Gasteiger partial charge in [-0.25, -0.2) is 9.97 Å². The molecule has 3 atom stereocenters. The summed E-state index contributed by atoms with van der Waals surface area (Å²) in [6.07, 6.45) is 3.00. The van der Waals surface area contributed by atoms with Gasteiger partial charge in [0.15, 0.2) is 0 Å². The topological polar surface area (TPSA) is 113 Å². The highest BCUT2D eigenvalue weighted by Crippen LogP contribution is 2.31. The van der Waals surface area contributed by atoms with Gasteiger partial charge in [-0.15, -0.1) is 0 Å². The second-order valence-electron chi connectivity index (χ2n) is 4.60. The van der Waals surface area contributed by atoms with Gasteiger partial charge >= 0.3 is 0 Å². The largest absolute Gasteiger partial charge is 0.394 e. The molecule has 8 heteroatoms. The number of aromatic amines is 1. The summed E-state index contributed by atoms with van der Waals surface area (Å²) in [6.45, 7) is -0.245. The lowest BCUT2D eigenvalue weighted by Crippen LogP contribution is -2.24. The highest BCUT2D eigenvalue weighted by Gasteiger charge is 2.35. The van der Waals surface area contributed by atoms with E-state index in [0.29, 0.717) is 17.8 Å². The normalized spacial score (nSPS) is 26.0. The van der Waals surface area contributed by atoms with Crippen molar-refractivity contribution in [1.82, 2.24) is 19.5 Å². The molecule has 0 aromatic carbocycles. The summed E-state index contributed by atoms with van der Waals surface area (Å²) in [6, 6.07) is 1.36. The number of aliphatic hydroxyl groups excluding tert-OH is 2. The maximum atomic E-state index is 11.3. The molecule has 0 radical (unpaired) electrons. The molecular weight excluding hydrogens is 264 g/mol. The third kappa shape index (κ3) is 2.24. The fraction of sp³-hybridized carbons (Fsp3) is 0.417. The minimum absolute atomic E-state index is 0.245. The molecule has 0 amide bonds. The van der Waals surface area contributed by atoms with Crippen LogP contribution in [0.1, 0.15) is 12.6 Å². The summed E-state index contributed by atoms with van der Waals surface area (Å²) in [7, 11) is 0. The average molecular weight is 278 g/mol. The summed E-state index contributed by atoms with van der Waals surface area (Å²) in [4.78, 5) is 21.9. The first-order chi connectivity index (χ1) is 9.69. The third-order valence-corrected chi connectivity index (χ3v) is 3.30. The molecule has 8 nitrogen and oxygen atoms in total. The molecule has 1 aliphatic heterocycles. The molecule has 20 heavy (non-hydrogen) atoms. The van der Waals surface area contributed by atoms with Crippen LogP contribution in [0.2, 0.25) is 0 Å². The monoisotopic (exact) mass is 278 g/mol. The van der Waals surface area contributed by atoms with Crippen molar-refractivity contribution in [3.8, 4) is 11.4 Å². The lowest BCUT2D eigenvalue weighted by atomic mass is 10.2. The molecule has 3 rings (SSSR count). The summed E-state index contributed by atoms with van der Waals surface area (Å²) >= 11 is 0. The van der Waals surface area contributed by atoms with E-state index in [0.717, 1.165) is 0 Å². The first-order valence-electron chi connectivity index (χ1n) is 6.20. The van der Waals surface area contributed by atoms with Crippen LogP contribution in [0.4, 0.5) is 0 Å². The van der Waals surface area contributed by atoms with E-state index in [-0.39, 0.29) is 12.2 Å². The highest BCUT2D eigenvalue weighted by atomic mass is 16.5. The number of nitrogens with zero attached hydrogens (tertiary/aromatic N) is 3. The Morgan fingerprint density at radius 3 is 3.10 bits per heavy atom. The number of hydrogen-bond donors (Lipinski definition) is 3. The van der Waals surface area contributed by atoms with Crippen molar-refractivity contribution in [2.24, 2.45) is 0 Å². The minimum atomic E-state index is -0.729. The second kappa shape index (κ2) is 5.16. The fourth-order valence-electron chi connectivity index (χ4n) is 2.29. The average Bonchev–Trinajstić information content (AvgIpc) is 3.04. The van der Waals surface area contributed by atoms with Crippen molar-refractivity contribution < 1.29 is 14.9 Å². The summed E-state index contributed by atoms with van der Waals surface area (Å²) in [5, 5.41) is 18.9. The van der Waals surface area contributed by atoms with Gasteiger partial charge in [0.05, 0.1) is 43.0 Å². The van der Waals surface area contributed by atoms with Crippen LogP contribution in [0.3, 0.4) is 0 Å². The van der Waals surface area contributed by atoms with Crippen molar-refractivity contribution in [2.75, 3.05) is 6.61 Å². The van der Waals surface area contributed by atoms with Gasteiger partial charge in [-0.2, -0.15) is 0 Å². The zero-order chi connectivity index (χ0) is 14.1. The zero-order valence-electron chi connectivity index (χ0n) is 10.5. The molecule has 2 aromatic rings. The van der Waals surface area contributed by atoms with Crippen LogP contribution in [0.15, 0.2) is 29.7 Å². The van der Waals surface area contributed by atoms with E-state index < -0.39 is 18.4 Å².